The smallest absolute Gasteiger partial charge is 0.216 e. The number of aliphatic imine (C=N–C) groups is 1. The van der Waals surface area contributed by atoms with Gasteiger partial charge < -0.3 is 4.74 Å². The first kappa shape index (κ1) is 10.4. The minimum Gasteiger partial charge on any atom is -0.477 e. The van der Waals surface area contributed by atoms with Crippen LogP contribution in [0.3, 0.4) is 0 Å². The van der Waals surface area contributed by atoms with Crippen molar-refractivity contribution in [1.29, 1.82) is 0 Å². The summed E-state index contributed by atoms with van der Waals surface area (Å²) >= 11 is 0. The number of ether oxygens (including phenoxy) is 1. The highest BCUT2D eigenvalue weighted by atomic mass is 16.5. The zero-order valence-corrected chi connectivity index (χ0v) is 10.5. The topological polar surface area (TPSA) is 21.6 Å². The van der Waals surface area contributed by atoms with Gasteiger partial charge in [-0.2, -0.15) is 0 Å². The van der Waals surface area contributed by atoms with Crippen molar-refractivity contribution in [3.63, 3.8) is 0 Å². The summed E-state index contributed by atoms with van der Waals surface area (Å²) in [5.41, 5.74) is 2.39. The number of aryl methyl sites for hydroxylation is 1. The number of benzene rings is 1. The fourth-order valence-corrected chi connectivity index (χ4v) is 3.51. The second-order valence-corrected chi connectivity index (χ2v) is 5.71. The van der Waals surface area contributed by atoms with E-state index in [-0.39, 0.29) is 0 Å². The number of fused-ring (bicyclic) bond motifs is 5. The molecule has 0 unspecified atom stereocenters. The Morgan fingerprint density at radius 2 is 1.89 bits per heavy atom. The zero-order valence-electron chi connectivity index (χ0n) is 10.5. The summed E-state index contributed by atoms with van der Waals surface area (Å²) < 4.78 is 5.89. The van der Waals surface area contributed by atoms with Crippen molar-refractivity contribution in [3.05, 3.63) is 47.5 Å². The van der Waals surface area contributed by atoms with Crippen LogP contribution in [0.2, 0.25) is 0 Å². The van der Waals surface area contributed by atoms with Crippen LogP contribution in [0, 0.1) is 24.7 Å². The van der Waals surface area contributed by atoms with E-state index in [1.54, 1.807) is 0 Å². The Balaban J connectivity index is 1.67. The molecule has 0 N–H and O–H groups in total. The molecule has 4 rings (SSSR count). The van der Waals surface area contributed by atoms with E-state index in [4.69, 9.17) is 9.73 Å². The van der Waals surface area contributed by atoms with Crippen molar-refractivity contribution in [2.45, 2.75) is 19.4 Å². The Hall–Kier alpha value is -1.57. The molecule has 4 atom stereocenters. The predicted molar refractivity (Wildman–Crippen MR) is 71.7 cm³/mol. The molecule has 3 aliphatic rings. The molecule has 0 amide bonds. The van der Waals surface area contributed by atoms with Crippen LogP contribution in [0.25, 0.3) is 0 Å². The van der Waals surface area contributed by atoms with Gasteiger partial charge in [-0.1, -0.05) is 29.8 Å². The average Bonchev–Trinajstić information content (AvgIpc) is 3.01. The number of hydrogen-bond donors (Lipinski definition) is 0. The summed E-state index contributed by atoms with van der Waals surface area (Å²) in [4.78, 5) is 4.87. The second kappa shape index (κ2) is 3.71. The van der Waals surface area contributed by atoms with E-state index in [2.05, 4.69) is 43.3 Å². The van der Waals surface area contributed by atoms with Crippen molar-refractivity contribution < 1.29 is 4.74 Å². The van der Waals surface area contributed by atoms with Gasteiger partial charge in [-0.15, -0.1) is 0 Å². The summed E-state index contributed by atoms with van der Waals surface area (Å²) in [5.74, 6) is 2.83. The van der Waals surface area contributed by atoms with Crippen molar-refractivity contribution >= 4 is 5.90 Å². The molecule has 18 heavy (non-hydrogen) atoms. The summed E-state index contributed by atoms with van der Waals surface area (Å²) in [6.45, 7) is 2.94. The molecule has 2 nitrogen and oxygen atoms in total. The molecule has 1 heterocycles. The summed E-state index contributed by atoms with van der Waals surface area (Å²) in [6.07, 6.45) is 6.00. The molecular formula is C16H17NO. The van der Waals surface area contributed by atoms with Crippen molar-refractivity contribution in [2.75, 3.05) is 6.61 Å². The third kappa shape index (κ3) is 1.45. The van der Waals surface area contributed by atoms with Crippen LogP contribution in [-0.4, -0.2) is 18.5 Å². The highest BCUT2D eigenvalue weighted by Gasteiger charge is 2.46. The van der Waals surface area contributed by atoms with Crippen LogP contribution in [0.15, 0.2) is 41.4 Å². The first-order chi connectivity index (χ1) is 8.81. The highest BCUT2D eigenvalue weighted by molar-refractivity contribution is 5.94. The standard InChI is InChI=1S/C16H17NO/c1-10-2-4-11(5-3-10)16-17-15-13-7-6-12(8-13)14(15)9-18-16/h2-7,12-15H,8-9H2,1H3/t12-,13+,14-,15+/m0/s1. The van der Waals surface area contributed by atoms with E-state index in [1.165, 1.54) is 12.0 Å². The van der Waals surface area contributed by atoms with Gasteiger partial charge in [0.05, 0.1) is 12.6 Å². The molecule has 1 saturated carbocycles. The van der Waals surface area contributed by atoms with Gasteiger partial charge in [0, 0.05) is 17.4 Å². The Kier molecular flexibility index (Phi) is 2.14. The fourth-order valence-electron chi connectivity index (χ4n) is 3.51. The fraction of sp³-hybridized carbons (Fsp3) is 0.438. The summed E-state index contributed by atoms with van der Waals surface area (Å²) in [6, 6.07) is 8.92. The largest absolute Gasteiger partial charge is 0.477 e. The average molecular weight is 239 g/mol. The molecule has 2 heteroatoms. The lowest BCUT2D eigenvalue weighted by molar-refractivity contribution is 0.178. The van der Waals surface area contributed by atoms with Crippen LogP contribution in [0.1, 0.15) is 17.5 Å². The minimum atomic E-state index is 0.463. The van der Waals surface area contributed by atoms with Crippen molar-refractivity contribution in [1.82, 2.24) is 0 Å². The maximum Gasteiger partial charge on any atom is 0.216 e. The van der Waals surface area contributed by atoms with Gasteiger partial charge in [-0.05, 0) is 31.4 Å². The normalized spacial score (nSPS) is 36.2. The van der Waals surface area contributed by atoms with Gasteiger partial charge in [0.25, 0.3) is 0 Å². The molecule has 0 saturated heterocycles. The lowest BCUT2D eigenvalue weighted by atomic mass is 9.89. The molecule has 92 valence electrons. The van der Waals surface area contributed by atoms with Gasteiger partial charge in [-0.25, -0.2) is 4.99 Å². The zero-order chi connectivity index (χ0) is 12.1. The van der Waals surface area contributed by atoms with E-state index in [0.717, 1.165) is 18.1 Å². The lowest BCUT2D eigenvalue weighted by Crippen LogP contribution is -2.34. The van der Waals surface area contributed by atoms with Crippen LogP contribution in [0.5, 0.6) is 0 Å². The lowest BCUT2D eigenvalue weighted by Gasteiger charge is -2.30. The SMILES string of the molecule is Cc1ccc(C2=N[C@H]3[C@@H](CO2)[C@H]2C=C[C@@H]3C2)cc1. The Labute approximate surface area is 107 Å². The quantitative estimate of drug-likeness (QED) is 0.690. The maximum absolute atomic E-state index is 5.89. The van der Waals surface area contributed by atoms with Crippen LogP contribution in [0.4, 0.5) is 0 Å². The third-order valence-electron chi connectivity index (χ3n) is 4.55. The summed E-state index contributed by atoms with van der Waals surface area (Å²) in [7, 11) is 0. The Morgan fingerprint density at radius 3 is 2.72 bits per heavy atom. The number of allylic oxidation sites excluding steroid dienone is 1. The molecule has 1 aromatic rings. The van der Waals surface area contributed by atoms with Crippen LogP contribution < -0.4 is 0 Å². The molecule has 0 radical (unpaired) electrons. The predicted octanol–water partition coefficient (Wildman–Crippen LogP) is 2.96. The molecule has 2 aliphatic carbocycles. The first-order valence-electron chi connectivity index (χ1n) is 6.77. The first-order valence-corrected chi connectivity index (χ1v) is 6.77. The van der Waals surface area contributed by atoms with Gasteiger partial charge in [0.2, 0.25) is 5.90 Å². The van der Waals surface area contributed by atoms with Crippen molar-refractivity contribution in [3.8, 4) is 0 Å². The minimum absolute atomic E-state index is 0.463. The van der Waals surface area contributed by atoms with Crippen molar-refractivity contribution in [2.24, 2.45) is 22.7 Å². The van der Waals surface area contributed by atoms with Crippen LogP contribution in [-0.2, 0) is 4.74 Å². The van der Waals surface area contributed by atoms with E-state index < -0.39 is 0 Å². The van der Waals surface area contributed by atoms with E-state index >= 15 is 0 Å². The number of hydrogen-bond acceptors (Lipinski definition) is 2. The van der Waals surface area contributed by atoms with Gasteiger partial charge in [0.1, 0.15) is 0 Å². The van der Waals surface area contributed by atoms with E-state index in [9.17, 15) is 0 Å². The summed E-state index contributed by atoms with van der Waals surface area (Å²) in [5, 5.41) is 0. The van der Waals surface area contributed by atoms with Gasteiger partial charge in [0.15, 0.2) is 0 Å². The molecule has 0 aromatic heterocycles. The molecule has 2 bridgehead atoms. The highest BCUT2D eigenvalue weighted by Crippen LogP contribution is 2.47. The van der Waals surface area contributed by atoms with E-state index in [0.29, 0.717) is 23.8 Å². The Bertz CT molecular complexity index is 529. The molecule has 0 spiro atoms. The Morgan fingerprint density at radius 1 is 1.11 bits per heavy atom. The molecular weight excluding hydrogens is 222 g/mol. The third-order valence-corrected chi connectivity index (χ3v) is 4.55. The molecule has 1 fully saturated rings. The van der Waals surface area contributed by atoms with Gasteiger partial charge in [-0.3, -0.25) is 0 Å². The number of rotatable bonds is 1. The van der Waals surface area contributed by atoms with Gasteiger partial charge >= 0.3 is 0 Å². The van der Waals surface area contributed by atoms with E-state index in [1.807, 2.05) is 0 Å². The van der Waals surface area contributed by atoms with Crippen LogP contribution >= 0.6 is 0 Å². The molecule has 1 aromatic carbocycles. The maximum atomic E-state index is 5.89. The molecule has 1 aliphatic heterocycles. The second-order valence-electron chi connectivity index (χ2n) is 5.71. The number of nitrogens with zero attached hydrogens (tertiary/aromatic N) is 1. The monoisotopic (exact) mass is 239 g/mol.